The van der Waals surface area contributed by atoms with Crippen molar-refractivity contribution >= 4 is 17.7 Å². The summed E-state index contributed by atoms with van der Waals surface area (Å²) in [6, 6.07) is 7.62. The predicted molar refractivity (Wildman–Crippen MR) is 133 cm³/mol. The number of carbonyl (C=O) groups excluding carboxylic acids is 1. The molecule has 3 heterocycles. The molecule has 1 aromatic carbocycles. The first-order chi connectivity index (χ1) is 20.0. The highest BCUT2D eigenvalue weighted by molar-refractivity contribution is 6.30. The first kappa shape index (κ1) is 31.3. The number of pyridine rings is 1. The minimum Gasteiger partial charge on any atom is -0.438 e. The van der Waals surface area contributed by atoms with Gasteiger partial charge in [-0.2, -0.15) is 17.9 Å². The van der Waals surface area contributed by atoms with Gasteiger partial charge in [-0.3, -0.25) is 4.57 Å². The fourth-order valence-corrected chi connectivity index (χ4v) is 3.88. The fourth-order valence-electron chi connectivity index (χ4n) is 3.76. The number of primary amides is 1. The summed E-state index contributed by atoms with van der Waals surface area (Å²) in [4.78, 5) is 32.5. The zero-order chi connectivity index (χ0) is 31.7. The summed E-state index contributed by atoms with van der Waals surface area (Å²) in [6.45, 7) is -0.594. The lowest BCUT2D eigenvalue weighted by Gasteiger charge is -2.15. The first-order valence-corrected chi connectivity index (χ1v) is 12.2. The third kappa shape index (κ3) is 7.41. The quantitative estimate of drug-likeness (QED) is 0.262. The van der Waals surface area contributed by atoms with E-state index in [1.807, 2.05) is 0 Å². The van der Waals surface area contributed by atoms with Crippen LogP contribution in [0.5, 0.6) is 5.75 Å². The molecule has 4 aromatic rings. The van der Waals surface area contributed by atoms with Crippen molar-refractivity contribution in [1.29, 1.82) is 0 Å². The summed E-state index contributed by atoms with van der Waals surface area (Å²) >= 11 is 5.88. The highest BCUT2D eigenvalue weighted by atomic mass is 35.5. The van der Waals surface area contributed by atoms with Crippen LogP contribution in [0.4, 0.5) is 31.1 Å². The lowest BCUT2D eigenvalue weighted by atomic mass is 10.2. The van der Waals surface area contributed by atoms with Gasteiger partial charge in [-0.05, 0) is 43.3 Å². The minimum absolute atomic E-state index is 0.166. The summed E-state index contributed by atoms with van der Waals surface area (Å²) in [7, 11) is 0. The Balaban J connectivity index is 1.82. The molecule has 0 aliphatic rings. The molecule has 0 saturated carbocycles. The molecule has 0 saturated heterocycles. The monoisotopic (exact) mass is 636 g/mol. The minimum atomic E-state index is -5.13. The molecule has 3 aromatic heterocycles. The third-order valence-electron chi connectivity index (χ3n) is 5.56. The Kier molecular flexibility index (Phi) is 8.67. The van der Waals surface area contributed by atoms with E-state index in [-0.39, 0.29) is 28.1 Å². The number of nitrogens with two attached hydrogens (primary N) is 1. The molecule has 20 heteroatoms. The number of benzene rings is 1. The number of alkyl halides is 6. The normalized spacial score (nSPS) is 13.5. The van der Waals surface area contributed by atoms with Gasteiger partial charge in [-0.25, -0.2) is 24.2 Å². The van der Waals surface area contributed by atoms with E-state index < -0.39 is 61.2 Å². The molecule has 0 spiro atoms. The molecule has 13 nitrogen and oxygen atoms in total. The summed E-state index contributed by atoms with van der Waals surface area (Å²) in [5, 5.41) is 18.1. The average molecular weight is 637 g/mol. The van der Waals surface area contributed by atoms with Gasteiger partial charge < -0.3 is 20.3 Å². The second kappa shape index (κ2) is 11.9. The van der Waals surface area contributed by atoms with E-state index in [0.29, 0.717) is 9.25 Å². The number of halogens is 7. The molecule has 2 atom stereocenters. The summed E-state index contributed by atoms with van der Waals surface area (Å²) in [5.41, 5.74) is 4.11. The van der Waals surface area contributed by atoms with Crippen molar-refractivity contribution in [2.24, 2.45) is 5.73 Å². The van der Waals surface area contributed by atoms with Crippen molar-refractivity contribution < 1.29 is 45.7 Å². The molecule has 3 N–H and O–H groups in total. The third-order valence-corrected chi connectivity index (χ3v) is 5.81. The second-order valence-electron chi connectivity index (χ2n) is 8.69. The van der Waals surface area contributed by atoms with Crippen molar-refractivity contribution in [1.82, 2.24) is 34.1 Å². The maximum Gasteiger partial charge on any atom is 0.573 e. The van der Waals surface area contributed by atoms with Crippen LogP contribution in [0.25, 0.3) is 17.2 Å². The number of aromatic nitrogens is 7. The zero-order valence-electron chi connectivity index (χ0n) is 21.5. The molecule has 0 bridgehead atoms. The van der Waals surface area contributed by atoms with Crippen LogP contribution in [0.15, 0.2) is 47.4 Å². The Morgan fingerprint density at radius 3 is 2.40 bits per heavy atom. The maximum atomic E-state index is 13.2. The van der Waals surface area contributed by atoms with Crippen LogP contribution in [0.1, 0.15) is 24.7 Å². The molecule has 43 heavy (non-hydrogen) atoms. The molecule has 0 aliphatic heterocycles. The van der Waals surface area contributed by atoms with E-state index in [0.717, 1.165) is 23.0 Å². The maximum absolute atomic E-state index is 13.2. The molecular weight excluding hydrogens is 618 g/mol. The van der Waals surface area contributed by atoms with Crippen LogP contribution < -0.4 is 16.2 Å². The van der Waals surface area contributed by atoms with Gasteiger partial charge in [-0.1, -0.05) is 11.6 Å². The second-order valence-corrected chi connectivity index (χ2v) is 9.13. The SMILES string of the molecule is C[C@@H](OC(N)=O)c1nc(Cn2nc(-c3ccc(Cl)cc3)n(C[C@H](O)C(F)(F)F)c2=O)nn1-c1ncccc1OC(F)(F)F. The molecule has 0 unspecified atom stereocenters. The van der Waals surface area contributed by atoms with Crippen LogP contribution >= 0.6 is 11.6 Å². The zero-order valence-corrected chi connectivity index (χ0v) is 22.3. The van der Waals surface area contributed by atoms with E-state index in [4.69, 9.17) is 22.1 Å². The summed E-state index contributed by atoms with van der Waals surface area (Å²) < 4.78 is 89.5. The average Bonchev–Trinajstić information content (AvgIpc) is 3.45. The topological polar surface area (TPSA) is 165 Å². The van der Waals surface area contributed by atoms with Crippen LogP contribution in [-0.2, 0) is 17.8 Å². The van der Waals surface area contributed by atoms with Gasteiger partial charge in [0, 0.05) is 16.8 Å². The van der Waals surface area contributed by atoms with Crippen molar-refractivity contribution in [3.8, 4) is 23.0 Å². The number of aliphatic hydroxyl groups is 1. The molecular formula is C23H19ClF6N8O5. The van der Waals surface area contributed by atoms with E-state index in [9.17, 15) is 41.0 Å². The van der Waals surface area contributed by atoms with Gasteiger partial charge in [0.05, 0.1) is 6.54 Å². The number of carbonyl (C=O) groups is 1. The predicted octanol–water partition coefficient (Wildman–Crippen LogP) is 3.37. The van der Waals surface area contributed by atoms with Gasteiger partial charge in [0.25, 0.3) is 0 Å². The summed E-state index contributed by atoms with van der Waals surface area (Å²) in [6.07, 6.45) is -14.6. The highest BCUT2D eigenvalue weighted by Crippen LogP contribution is 2.30. The van der Waals surface area contributed by atoms with E-state index in [2.05, 4.69) is 24.9 Å². The van der Waals surface area contributed by atoms with Gasteiger partial charge >= 0.3 is 24.3 Å². The number of rotatable bonds is 9. The van der Waals surface area contributed by atoms with Crippen molar-refractivity contribution in [2.75, 3.05) is 0 Å². The molecule has 0 radical (unpaired) electrons. The van der Waals surface area contributed by atoms with Crippen molar-refractivity contribution in [3.05, 3.63) is 69.8 Å². The molecule has 0 fully saturated rings. The number of hydrogen-bond acceptors (Lipinski definition) is 9. The Bertz CT molecular complexity index is 1670. The van der Waals surface area contributed by atoms with Gasteiger partial charge in [0.1, 0.15) is 6.54 Å². The van der Waals surface area contributed by atoms with E-state index in [1.165, 1.54) is 31.2 Å². The number of ether oxygens (including phenoxy) is 2. The van der Waals surface area contributed by atoms with Gasteiger partial charge in [0.15, 0.2) is 41.2 Å². The lowest BCUT2D eigenvalue weighted by molar-refractivity contribution is -0.274. The standard InChI is InChI=1S/C23H19ClF6N8O5/c1-11(42-20(31)40)17-33-16(34-38(17)19-14(3-2-8-32-19)43-23(28,29)30)10-37-21(41)36(9-15(39)22(25,26)27)18(35-37)12-4-6-13(24)7-5-12/h2-8,11,15,39H,9-10H2,1H3,(H2,31,40)/t11-,15+/m1/s1. The van der Waals surface area contributed by atoms with Crippen LogP contribution in [0.2, 0.25) is 5.02 Å². The Labute approximate surface area is 241 Å². The molecule has 0 aliphatic carbocycles. The van der Waals surface area contributed by atoms with Crippen molar-refractivity contribution in [3.63, 3.8) is 0 Å². The number of hydrogen-bond donors (Lipinski definition) is 2. The molecule has 1 amide bonds. The smallest absolute Gasteiger partial charge is 0.438 e. The molecule has 4 rings (SSSR count). The van der Waals surface area contributed by atoms with Crippen LogP contribution in [0, 0.1) is 0 Å². The molecule has 230 valence electrons. The van der Waals surface area contributed by atoms with Crippen molar-refractivity contribution in [2.45, 2.75) is 44.8 Å². The Hall–Kier alpha value is -4.65. The Morgan fingerprint density at radius 1 is 1.12 bits per heavy atom. The number of nitrogens with zero attached hydrogens (tertiary/aromatic N) is 7. The summed E-state index contributed by atoms with van der Waals surface area (Å²) in [5.74, 6) is -2.25. The number of aliphatic hydroxyl groups excluding tert-OH is 1. The highest BCUT2D eigenvalue weighted by Gasteiger charge is 2.39. The number of amides is 1. The van der Waals surface area contributed by atoms with Crippen LogP contribution in [0.3, 0.4) is 0 Å². The first-order valence-electron chi connectivity index (χ1n) is 11.8. The van der Waals surface area contributed by atoms with Gasteiger partial charge in [0.2, 0.25) is 0 Å². The van der Waals surface area contributed by atoms with Gasteiger partial charge in [-0.15, -0.1) is 23.4 Å². The van der Waals surface area contributed by atoms with Crippen LogP contribution in [-0.4, -0.2) is 63.9 Å². The largest absolute Gasteiger partial charge is 0.573 e. The van der Waals surface area contributed by atoms with E-state index >= 15 is 0 Å². The Morgan fingerprint density at radius 2 is 1.79 bits per heavy atom. The lowest BCUT2D eigenvalue weighted by Crippen LogP contribution is -2.37. The van der Waals surface area contributed by atoms with E-state index in [1.54, 1.807) is 0 Å². The fraction of sp³-hybridized carbons (Fsp3) is 0.304.